The van der Waals surface area contributed by atoms with E-state index in [0.717, 1.165) is 11.3 Å². The zero-order valence-electron chi connectivity index (χ0n) is 26.3. The highest BCUT2D eigenvalue weighted by Crippen LogP contribution is 2.27. The van der Waals surface area contributed by atoms with Gasteiger partial charge in [0.05, 0.1) is 5.56 Å². The van der Waals surface area contributed by atoms with E-state index in [1.807, 2.05) is 31.2 Å². The van der Waals surface area contributed by atoms with E-state index in [9.17, 15) is 36.3 Å². The normalized spacial score (nSPS) is 10.0. The number of ether oxygens (including phenoxy) is 2. The van der Waals surface area contributed by atoms with Gasteiger partial charge in [0.2, 0.25) is 29.1 Å². The quantitative estimate of drug-likeness (QED) is 0.0839. The number of phenols is 1. The summed E-state index contributed by atoms with van der Waals surface area (Å²) in [5, 5.41) is 22.2. The number of rotatable bonds is 7. The predicted molar refractivity (Wildman–Crippen MR) is 168 cm³/mol. The topological polar surface area (TPSA) is 160 Å². The average Bonchev–Trinajstić information content (AvgIpc) is 3.12. The Labute approximate surface area is 281 Å². The van der Waals surface area contributed by atoms with Crippen LogP contribution in [0.5, 0.6) is 28.7 Å². The molecule has 0 bridgehead atoms. The molecule has 2 aromatic heterocycles. The molecule has 5 rings (SSSR count). The van der Waals surface area contributed by atoms with E-state index in [2.05, 4.69) is 20.6 Å². The summed E-state index contributed by atoms with van der Waals surface area (Å²) in [6, 6.07) is 20.2. The van der Waals surface area contributed by atoms with Crippen LogP contribution in [0.4, 0.5) is 22.0 Å². The van der Waals surface area contributed by atoms with E-state index in [1.165, 1.54) is 31.4 Å². The van der Waals surface area contributed by atoms with Gasteiger partial charge in [-0.05, 0) is 55.0 Å². The minimum absolute atomic E-state index is 0.128. The Bertz CT molecular complexity index is 1910. The summed E-state index contributed by atoms with van der Waals surface area (Å²) in [6.07, 6.45) is 3.00. The van der Waals surface area contributed by atoms with E-state index in [0.29, 0.717) is 22.9 Å². The van der Waals surface area contributed by atoms with Crippen LogP contribution < -0.4 is 20.1 Å². The van der Waals surface area contributed by atoms with Gasteiger partial charge in [0.15, 0.2) is 5.75 Å². The first-order chi connectivity index (χ1) is 23.7. The number of phenolic OH excluding ortho intramolecular Hbond substituents is 1. The number of halogens is 5. The molecular weight excluding hydrogens is 671 g/mol. The number of hydrogen-bond acceptors (Lipinski definition) is 8. The second kappa shape index (κ2) is 17.5. The third kappa shape index (κ3) is 10.2. The number of carboxylic acids is 1. The molecular formula is C34H27F5N4O7. The highest BCUT2D eigenvalue weighted by atomic mass is 19.2. The third-order valence-electron chi connectivity index (χ3n) is 6.11. The molecule has 0 radical (unpaired) electrons. The maximum Gasteiger partial charge on any atom is 0.335 e. The Morgan fingerprint density at radius 2 is 1.04 bits per heavy atom. The number of carboxylic acid groups (broad SMARTS) is 1. The van der Waals surface area contributed by atoms with Crippen molar-refractivity contribution in [3.63, 3.8) is 0 Å². The van der Waals surface area contributed by atoms with Crippen molar-refractivity contribution in [1.82, 2.24) is 20.6 Å². The number of benzene rings is 3. The Morgan fingerprint density at radius 3 is 1.48 bits per heavy atom. The van der Waals surface area contributed by atoms with Gasteiger partial charge in [-0.1, -0.05) is 18.2 Å². The Morgan fingerprint density at radius 1 is 0.620 bits per heavy atom. The maximum atomic E-state index is 12.2. The zero-order valence-corrected chi connectivity index (χ0v) is 26.3. The molecule has 0 aliphatic rings. The molecule has 2 heterocycles. The molecule has 11 nitrogen and oxygen atoms in total. The minimum atomic E-state index is -2.29. The van der Waals surface area contributed by atoms with Crippen LogP contribution in [0.15, 0.2) is 85.2 Å². The van der Waals surface area contributed by atoms with E-state index >= 15 is 0 Å². The van der Waals surface area contributed by atoms with Crippen LogP contribution in [0.3, 0.4) is 0 Å². The molecule has 5 aromatic rings. The zero-order chi connectivity index (χ0) is 37.0. The molecule has 0 aliphatic heterocycles. The van der Waals surface area contributed by atoms with Gasteiger partial charge in [-0.15, -0.1) is 0 Å². The van der Waals surface area contributed by atoms with E-state index < -0.39 is 40.8 Å². The molecule has 16 heteroatoms. The van der Waals surface area contributed by atoms with Crippen molar-refractivity contribution in [2.45, 2.75) is 6.92 Å². The average molecular weight is 699 g/mol. The number of hydrogen-bond donors (Lipinski definition) is 4. The fraction of sp³-hybridized carbons (Fsp3) is 0.0882. The molecule has 0 aliphatic carbocycles. The smallest absolute Gasteiger partial charge is 0.335 e. The number of aromatic carboxylic acids is 1. The monoisotopic (exact) mass is 698 g/mol. The summed E-state index contributed by atoms with van der Waals surface area (Å²) in [7, 11) is 3.08. The molecule has 0 spiro atoms. The number of carbonyl (C=O) groups is 3. The molecule has 0 unspecified atom stereocenters. The highest BCUT2D eigenvalue weighted by molar-refractivity contribution is 5.92. The molecule has 3 aromatic carbocycles. The molecule has 0 fully saturated rings. The molecule has 0 saturated carbocycles. The van der Waals surface area contributed by atoms with Gasteiger partial charge >= 0.3 is 5.97 Å². The van der Waals surface area contributed by atoms with Gasteiger partial charge in [-0.2, -0.15) is 8.78 Å². The first kappa shape index (κ1) is 37.9. The lowest BCUT2D eigenvalue weighted by molar-refractivity contribution is 0.0696. The SMILES string of the molecule is CNC(=O)c1cc(Oc2cccc(C(=O)O)c2)ccn1.CNC(=O)c1cc(Oc2cccc(C)c2)ccn1.Oc1c(F)c(F)c(F)c(F)c1F. The summed E-state index contributed by atoms with van der Waals surface area (Å²) in [5.74, 6) is -12.4. The number of aromatic hydroxyl groups is 1. The number of nitrogens with one attached hydrogen (secondary N) is 2. The number of aryl methyl sites for hydroxylation is 1. The first-order valence-corrected chi connectivity index (χ1v) is 14.1. The molecule has 260 valence electrons. The predicted octanol–water partition coefficient (Wildman–Crippen LogP) is 6.56. The highest BCUT2D eigenvalue weighted by Gasteiger charge is 2.25. The van der Waals surface area contributed by atoms with Gasteiger partial charge in [0.1, 0.15) is 34.4 Å². The van der Waals surface area contributed by atoms with Crippen LogP contribution in [0.2, 0.25) is 0 Å². The summed E-state index contributed by atoms with van der Waals surface area (Å²) >= 11 is 0. The number of carbonyl (C=O) groups excluding carboxylic acids is 2. The summed E-state index contributed by atoms with van der Waals surface area (Å²) in [6.45, 7) is 2.00. The van der Waals surface area contributed by atoms with Gasteiger partial charge in [-0.3, -0.25) is 19.6 Å². The Balaban J connectivity index is 0.000000209. The Kier molecular flexibility index (Phi) is 13.3. The third-order valence-corrected chi connectivity index (χ3v) is 6.11. The van der Waals surface area contributed by atoms with Crippen LogP contribution in [0.25, 0.3) is 0 Å². The number of amides is 2. The molecule has 0 saturated heterocycles. The van der Waals surface area contributed by atoms with Crippen molar-refractivity contribution in [2.75, 3.05) is 14.1 Å². The van der Waals surface area contributed by atoms with Crippen LogP contribution in [-0.4, -0.2) is 52.1 Å². The van der Waals surface area contributed by atoms with Crippen molar-refractivity contribution in [3.05, 3.63) is 137 Å². The van der Waals surface area contributed by atoms with E-state index in [-0.39, 0.29) is 23.1 Å². The van der Waals surface area contributed by atoms with Crippen LogP contribution in [0.1, 0.15) is 36.9 Å². The second-order valence-electron chi connectivity index (χ2n) is 9.68. The van der Waals surface area contributed by atoms with Gasteiger partial charge in [-0.25, -0.2) is 18.0 Å². The lowest BCUT2D eigenvalue weighted by atomic mass is 10.2. The summed E-state index contributed by atoms with van der Waals surface area (Å²) in [4.78, 5) is 41.7. The maximum absolute atomic E-state index is 12.2. The van der Waals surface area contributed by atoms with E-state index in [4.69, 9.17) is 19.7 Å². The lowest BCUT2D eigenvalue weighted by Crippen LogP contribution is -2.18. The lowest BCUT2D eigenvalue weighted by Gasteiger charge is -2.07. The fourth-order valence-corrected chi connectivity index (χ4v) is 3.69. The number of pyridine rings is 2. The van der Waals surface area contributed by atoms with Crippen molar-refractivity contribution in [1.29, 1.82) is 0 Å². The van der Waals surface area contributed by atoms with Crippen molar-refractivity contribution >= 4 is 17.8 Å². The summed E-state index contributed by atoms with van der Waals surface area (Å²) in [5.41, 5.74) is 1.80. The molecule has 50 heavy (non-hydrogen) atoms. The molecule has 4 N–H and O–H groups in total. The number of nitrogens with zero attached hydrogens (tertiary/aromatic N) is 2. The second-order valence-corrected chi connectivity index (χ2v) is 9.68. The van der Waals surface area contributed by atoms with E-state index in [1.54, 1.807) is 43.6 Å². The van der Waals surface area contributed by atoms with Gasteiger partial charge in [0, 0.05) is 38.6 Å². The van der Waals surface area contributed by atoms with Crippen LogP contribution in [-0.2, 0) is 0 Å². The minimum Gasteiger partial charge on any atom is -0.503 e. The van der Waals surface area contributed by atoms with Crippen molar-refractivity contribution in [2.24, 2.45) is 0 Å². The fourth-order valence-electron chi connectivity index (χ4n) is 3.69. The number of aromatic nitrogens is 2. The first-order valence-electron chi connectivity index (χ1n) is 14.1. The molecule has 2 amide bonds. The van der Waals surface area contributed by atoms with Gasteiger partial charge < -0.3 is 30.3 Å². The van der Waals surface area contributed by atoms with Crippen LogP contribution in [0, 0.1) is 36.0 Å². The van der Waals surface area contributed by atoms with Crippen LogP contribution >= 0.6 is 0 Å². The Hall–Kier alpha value is -6.58. The summed E-state index contributed by atoms with van der Waals surface area (Å²) < 4.78 is 71.8. The van der Waals surface area contributed by atoms with Crippen molar-refractivity contribution < 1.29 is 56.0 Å². The largest absolute Gasteiger partial charge is 0.503 e. The van der Waals surface area contributed by atoms with Crippen molar-refractivity contribution in [3.8, 4) is 28.7 Å². The van der Waals surface area contributed by atoms with Gasteiger partial charge in [0.25, 0.3) is 11.8 Å². The molecule has 0 atom stereocenters. The standard InChI is InChI=1S/C14H12N2O4.C14H14N2O2.C6HF5O/c1-15-13(17)12-8-11(5-6-16-12)20-10-4-2-3-9(7-10)14(18)19;1-10-4-3-5-11(8-10)18-12-6-7-16-13(9-12)14(17)15-2;7-1-2(8)4(10)6(12)5(11)3(1)9/h2-8H,1H3,(H,15,17)(H,18,19);3-9H,1-2H3,(H,15,17);12H.